The summed E-state index contributed by atoms with van der Waals surface area (Å²) in [5.41, 5.74) is 5.55. The molecule has 0 saturated carbocycles. The molecule has 0 heterocycles. The number of quaternary nitrogens is 1. The first kappa shape index (κ1) is 25.6. The third-order valence-electron chi connectivity index (χ3n) is 5.52. The van der Waals surface area contributed by atoms with Crippen LogP contribution in [0.4, 0.5) is 0 Å². The number of amides is 1. The fourth-order valence-electron chi connectivity index (χ4n) is 3.51. The first-order valence-electron chi connectivity index (χ1n) is 11.5. The second kappa shape index (κ2) is 16.7. The van der Waals surface area contributed by atoms with Gasteiger partial charge in [0.1, 0.15) is 0 Å². The van der Waals surface area contributed by atoms with Gasteiger partial charge in [0.2, 0.25) is 0 Å². The summed E-state index contributed by atoms with van der Waals surface area (Å²) in [6, 6.07) is 0. The van der Waals surface area contributed by atoms with E-state index in [9.17, 15) is 4.79 Å². The topological polar surface area (TPSA) is 43.1 Å². The number of rotatable bonds is 18. The molecule has 0 fully saturated rings. The summed E-state index contributed by atoms with van der Waals surface area (Å²) in [5.74, 6) is 1.24. The van der Waals surface area contributed by atoms with E-state index in [1.54, 1.807) is 0 Å². The van der Waals surface area contributed by atoms with E-state index < -0.39 is 0 Å². The Morgan fingerprint density at radius 1 is 0.731 bits per heavy atom. The second-order valence-corrected chi connectivity index (χ2v) is 9.12. The smallest absolute Gasteiger partial charge is 0.313 e. The first-order valence-corrected chi connectivity index (χ1v) is 11.5. The molecule has 0 bridgehead atoms. The summed E-state index contributed by atoms with van der Waals surface area (Å²) in [5, 5.41) is 0. The van der Waals surface area contributed by atoms with Crippen LogP contribution < -0.4 is 5.73 Å². The van der Waals surface area contributed by atoms with Crippen LogP contribution in [0.1, 0.15) is 110 Å². The van der Waals surface area contributed by atoms with Gasteiger partial charge in [-0.25, -0.2) is 4.79 Å². The highest BCUT2D eigenvalue weighted by Gasteiger charge is 2.24. The van der Waals surface area contributed by atoms with Crippen LogP contribution in [0.5, 0.6) is 0 Å². The van der Waals surface area contributed by atoms with Gasteiger partial charge in [-0.3, -0.25) is 4.48 Å². The molecule has 1 amide bonds. The Morgan fingerprint density at radius 3 is 1.58 bits per heavy atom. The van der Waals surface area contributed by atoms with Gasteiger partial charge in [-0.1, -0.05) is 90.9 Å². The minimum atomic E-state index is 0.367. The number of hydrogen-bond donors (Lipinski definition) is 1. The highest BCUT2D eigenvalue weighted by atomic mass is 16.2. The average molecular weight is 370 g/mol. The van der Waals surface area contributed by atoms with Crippen molar-refractivity contribution in [2.45, 2.75) is 110 Å². The fourth-order valence-corrected chi connectivity index (χ4v) is 3.51. The van der Waals surface area contributed by atoms with Gasteiger partial charge in [-0.2, -0.15) is 0 Å². The normalized spacial score (nSPS) is 12.1. The molecule has 0 aromatic carbocycles. The maximum atomic E-state index is 12.2. The van der Waals surface area contributed by atoms with Gasteiger partial charge in [0.05, 0.1) is 27.1 Å². The molecule has 3 nitrogen and oxygen atoms in total. The predicted molar refractivity (Wildman–Crippen MR) is 115 cm³/mol. The molecule has 0 rings (SSSR count). The Hall–Kier alpha value is -0.410. The predicted octanol–water partition coefficient (Wildman–Crippen LogP) is 6.06. The quantitative estimate of drug-likeness (QED) is 0.236. The molecule has 26 heavy (non-hydrogen) atoms. The molecule has 156 valence electrons. The molecule has 0 aromatic heterocycles. The van der Waals surface area contributed by atoms with Crippen LogP contribution in [-0.2, 0) is 4.79 Å². The largest absolute Gasteiger partial charge is 0.330 e. The van der Waals surface area contributed by atoms with Crippen LogP contribution in [0.3, 0.4) is 0 Å². The van der Waals surface area contributed by atoms with Gasteiger partial charge in [0, 0.05) is 6.42 Å². The third-order valence-corrected chi connectivity index (χ3v) is 5.52. The van der Waals surface area contributed by atoms with E-state index >= 15 is 0 Å². The number of unbranched alkanes of at least 4 members (excludes halogenated alkanes) is 11. The van der Waals surface area contributed by atoms with E-state index in [-0.39, 0.29) is 0 Å². The summed E-state index contributed by atoms with van der Waals surface area (Å²) in [6.45, 7) is 6.18. The number of nitrogens with two attached hydrogens (primary N) is 1. The lowest BCUT2D eigenvalue weighted by molar-refractivity contribution is -0.814. The monoisotopic (exact) mass is 369 g/mol. The summed E-state index contributed by atoms with van der Waals surface area (Å²) < 4.78 is 0.495. The summed E-state index contributed by atoms with van der Waals surface area (Å²) in [6.07, 6.45) is 19.3. The van der Waals surface area contributed by atoms with E-state index in [4.69, 9.17) is 5.73 Å². The molecular formula is C23H49N2O+. The molecule has 2 N–H and O–H groups in total. The second-order valence-electron chi connectivity index (χ2n) is 9.12. The van der Waals surface area contributed by atoms with Crippen LogP contribution >= 0.6 is 0 Å². The zero-order valence-corrected chi connectivity index (χ0v) is 18.5. The third kappa shape index (κ3) is 15.8. The minimum Gasteiger partial charge on any atom is -0.330 e. The Kier molecular flexibility index (Phi) is 16.5. The van der Waals surface area contributed by atoms with Crippen molar-refractivity contribution in [3.8, 4) is 0 Å². The molecule has 0 radical (unpaired) electrons. The molecule has 0 atom stereocenters. The van der Waals surface area contributed by atoms with Gasteiger partial charge in [-0.05, 0) is 18.9 Å². The molecule has 3 heteroatoms. The number of hydrogen-bond acceptors (Lipinski definition) is 2. The van der Waals surface area contributed by atoms with Crippen molar-refractivity contribution in [1.29, 1.82) is 0 Å². The lowest BCUT2D eigenvalue weighted by Crippen LogP contribution is -2.46. The van der Waals surface area contributed by atoms with E-state index in [2.05, 4.69) is 13.8 Å². The maximum Gasteiger partial charge on any atom is 0.313 e. The number of carbonyl (C=O) groups is 1. The van der Waals surface area contributed by atoms with Crippen LogP contribution in [0, 0.1) is 5.92 Å². The van der Waals surface area contributed by atoms with Gasteiger partial charge in [0.25, 0.3) is 0 Å². The van der Waals surface area contributed by atoms with E-state index in [0.717, 1.165) is 31.7 Å². The lowest BCUT2D eigenvalue weighted by Gasteiger charge is -2.26. The number of carbonyl (C=O) groups excluding carboxylic acids is 1. The summed E-state index contributed by atoms with van der Waals surface area (Å²) in [7, 11) is 4.03. The van der Waals surface area contributed by atoms with Gasteiger partial charge >= 0.3 is 5.91 Å². The zero-order valence-electron chi connectivity index (χ0n) is 18.5. The van der Waals surface area contributed by atoms with Crippen LogP contribution in [-0.4, -0.2) is 37.6 Å². The van der Waals surface area contributed by atoms with Gasteiger partial charge in [0.15, 0.2) is 0 Å². The fraction of sp³-hybridized carbons (Fsp3) is 0.957. The van der Waals surface area contributed by atoms with Crippen molar-refractivity contribution < 1.29 is 9.28 Å². The van der Waals surface area contributed by atoms with Crippen molar-refractivity contribution in [2.75, 3.05) is 27.2 Å². The van der Waals surface area contributed by atoms with Gasteiger partial charge in [-0.15, -0.1) is 0 Å². The average Bonchev–Trinajstić information content (AvgIpc) is 2.59. The maximum absolute atomic E-state index is 12.2. The number of nitrogens with zero attached hydrogens (tertiary/aromatic N) is 1. The molecule has 0 spiro atoms. The van der Waals surface area contributed by atoms with E-state index in [1.165, 1.54) is 77.0 Å². The Balaban J connectivity index is 3.32. The van der Waals surface area contributed by atoms with Crippen LogP contribution in [0.15, 0.2) is 0 Å². The molecule has 0 unspecified atom stereocenters. The highest BCUT2D eigenvalue weighted by Crippen LogP contribution is 2.15. The molecular weight excluding hydrogens is 320 g/mol. The Labute approximate surface area is 164 Å². The summed E-state index contributed by atoms with van der Waals surface area (Å²) >= 11 is 0. The van der Waals surface area contributed by atoms with Crippen LogP contribution in [0.2, 0.25) is 0 Å². The van der Waals surface area contributed by atoms with Crippen molar-refractivity contribution in [2.24, 2.45) is 11.7 Å². The molecule has 0 aliphatic heterocycles. The van der Waals surface area contributed by atoms with Crippen molar-refractivity contribution in [1.82, 2.24) is 0 Å². The van der Waals surface area contributed by atoms with Gasteiger partial charge < -0.3 is 5.73 Å². The van der Waals surface area contributed by atoms with E-state index in [1.807, 2.05) is 14.1 Å². The minimum absolute atomic E-state index is 0.367. The highest BCUT2D eigenvalue weighted by molar-refractivity contribution is 5.68. The van der Waals surface area contributed by atoms with Crippen molar-refractivity contribution >= 4 is 5.91 Å². The summed E-state index contributed by atoms with van der Waals surface area (Å²) in [4.78, 5) is 12.2. The molecule has 0 aromatic rings. The zero-order chi connectivity index (χ0) is 19.7. The molecule has 0 aliphatic rings. The van der Waals surface area contributed by atoms with Crippen molar-refractivity contribution in [3.05, 3.63) is 0 Å². The van der Waals surface area contributed by atoms with Crippen molar-refractivity contribution in [3.63, 3.8) is 0 Å². The molecule has 0 saturated heterocycles. The standard InChI is InChI=1S/C23H49N2O/c1-22(2)18-15-13-11-9-7-5-6-8-10-12-14-16-19-23(26)25(3,4)21-17-20-24/h22H,5-21,24H2,1-4H3/q+1. The molecule has 0 aliphatic carbocycles. The lowest BCUT2D eigenvalue weighted by atomic mass is 10.0. The first-order chi connectivity index (χ1) is 12.4. The SMILES string of the molecule is CC(C)CCCCCCCCCCCCCCC(=O)[N+](C)(C)CCCN. The Bertz CT molecular complexity index is 326. The Morgan fingerprint density at radius 2 is 1.15 bits per heavy atom. The van der Waals surface area contributed by atoms with Crippen LogP contribution in [0.25, 0.3) is 0 Å². The van der Waals surface area contributed by atoms with E-state index in [0.29, 0.717) is 16.9 Å².